The van der Waals surface area contributed by atoms with Gasteiger partial charge in [0, 0.05) is 32.1 Å². The molecule has 2 heterocycles. The minimum absolute atomic E-state index is 0.0327. The summed E-state index contributed by atoms with van der Waals surface area (Å²) >= 11 is 0. The summed E-state index contributed by atoms with van der Waals surface area (Å²) in [5.41, 5.74) is 9.98. The number of esters is 1. The van der Waals surface area contributed by atoms with Crippen LogP contribution in [0.15, 0.2) is 18.2 Å². The van der Waals surface area contributed by atoms with Crippen molar-refractivity contribution in [1.82, 2.24) is 9.97 Å². The molecular weight excluding hydrogens is 404 g/mol. The van der Waals surface area contributed by atoms with Crippen molar-refractivity contribution in [3.8, 4) is 5.75 Å². The second-order valence-corrected chi connectivity index (χ2v) is 9.75. The standard InChI is InChI=1S/C25H34N4O3/c1-15-13-19(25(4,5)6)7-8-20(15)29-11-9-18(10-12-29)14-21-27-16(2)23(32-17(3)30)22(28-21)24(26)31/h7-8,13,18H,9-12,14H2,1-6H3,(H2,26,31). The van der Waals surface area contributed by atoms with E-state index in [0.717, 1.165) is 25.9 Å². The summed E-state index contributed by atoms with van der Waals surface area (Å²) in [5, 5.41) is 0. The normalized spacial score (nSPS) is 15.0. The highest BCUT2D eigenvalue weighted by Gasteiger charge is 2.25. The van der Waals surface area contributed by atoms with E-state index < -0.39 is 11.9 Å². The Balaban J connectivity index is 1.69. The van der Waals surface area contributed by atoms with Crippen LogP contribution in [0.25, 0.3) is 0 Å². The lowest BCUT2D eigenvalue weighted by Crippen LogP contribution is -2.35. The fourth-order valence-corrected chi connectivity index (χ4v) is 4.26. The third-order valence-electron chi connectivity index (χ3n) is 6.05. The van der Waals surface area contributed by atoms with Gasteiger partial charge in [0.05, 0.1) is 5.69 Å². The van der Waals surface area contributed by atoms with Crippen molar-refractivity contribution in [2.24, 2.45) is 11.7 Å². The number of primary amides is 1. The first-order valence-electron chi connectivity index (χ1n) is 11.2. The van der Waals surface area contributed by atoms with Crippen LogP contribution < -0.4 is 15.4 Å². The van der Waals surface area contributed by atoms with E-state index in [1.807, 2.05) is 0 Å². The first kappa shape index (κ1) is 23.7. The minimum Gasteiger partial charge on any atom is -0.422 e. The van der Waals surface area contributed by atoms with Crippen molar-refractivity contribution in [2.75, 3.05) is 18.0 Å². The SMILES string of the molecule is CC(=O)Oc1c(C)nc(CC2CCN(c3ccc(C(C)(C)C)cc3C)CC2)nc1C(N)=O. The average Bonchev–Trinajstić information content (AvgIpc) is 2.69. The van der Waals surface area contributed by atoms with Gasteiger partial charge in [0.25, 0.3) is 5.91 Å². The molecule has 1 fully saturated rings. The Kier molecular flexibility index (Phi) is 6.86. The molecule has 0 aliphatic carbocycles. The van der Waals surface area contributed by atoms with E-state index in [4.69, 9.17) is 10.5 Å². The summed E-state index contributed by atoms with van der Waals surface area (Å²) in [7, 11) is 0. The molecule has 0 radical (unpaired) electrons. The molecule has 2 N–H and O–H groups in total. The molecule has 0 bridgehead atoms. The number of carbonyl (C=O) groups is 2. The second kappa shape index (κ2) is 9.27. The van der Waals surface area contributed by atoms with Crippen LogP contribution in [0.1, 0.15) is 73.7 Å². The number of ether oxygens (including phenoxy) is 1. The molecule has 7 heteroatoms. The smallest absolute Gasteiger partial charge is 0.308 e. The van der Waals surface area contributed by atoms with E-state index in [-0.39, 0.29) is 16.9 Å². The van der Waals surface area contributed by atoms with Gasteiger partial charge < -0.3 is 15.4 Å². The van der Waals surface area contributed by atoms with E-state index in [1.54, 1.807) is 6.92 Å². The van der Waals surface area contributed by atoms with Crippen LogP contribution in [0.5, 0.6) is 5.75 Å². The van der Waals surface area contributed by atoms with E-state index in [1.165, 1.54) is 23.7 Å². The van der Waals surface area contributed by atoms with Crippen LogP contribution in [-0.4, -0.2) is 34.9 Å². The number of piperidine rings is 1. The Bertz CT molecular complexity index is 1020. The van der Waals surface area contributed by atoms with Gasteiger partial charge in [-0.25, -0.2) is 9.97 Å². The maximum absolute atomic E-state index is 11.9. The lowest BCUT2D eigenvalue weighted by Gasteiger charge is -2.35. The number of benzene rings is 1. The van der Waals surface area contributed by atoms with Crippen LogP contribution in [-0.2, 0) is 16.6 Å². The Hall–Kier alpha value is -2.96. The molecule has 1 aliphatic heterocycles. The predicted octanol–water partition coefficient (Wildman–Crippen LogP) is 3.87. The van der Waals surface area contributed by atoms with Crippen molar-refractivity contribution in [1.29, 1.82) is 0 Å². The highest BCUT2D eigenvalue weighted by molar-refractivity contribution is 5.94. The molecule has 1 aromatic carbocycles. The van der Waals surface area contributed by atoms with Gasteiger partial charge in [-0.1, -0.05) is 32.9 Å². The molecule has 0 spiro atoms. The van der Waals surface area contributed by atoms with Crippen LogP contribution in [0.3, 0.4) is 0 Å². The molecule has 1 amide bonds. The minimum atomic E-state index is -0.725. The lowest BCUT2D eigenvalue weighted by atomic mass is 9.85. The fourth-order valence-electron chi connectivity index (χ4n) is 4.26. The largest absolute Gasteiger partial charge is 0.422 e. The number of hydrogen-bond acceptors (Lipinski definition) is 6. The van der Waals surface area contributed by atoms with Crippen molar-refractivity contribution in [2.45, 2.75) is 66.2 Å². The van der Waals surface area contributed by atoms with Crippen molar-refractivity contribution >= 4 is 17.6 Å². The van der Waals surface area contributed by atoms with Gasteiger partial charge in [0.15, 0.2) is 11.4 Å². The summed E-state index contributed by atoms with van der Waals surface area (Å²) < 4.78 is 5.11. The number of aryl methyl sites for hydroxylation is 2. The van der Waals surface area contributed by atoms with Crippen molar-refractivity contribution in [3.05, 3.63) is 46.5 Å². The molecule has 0 unspecified atom stereocenters. The molecule has 3 rings (SSSR count). The molecule has 7 nitrogen and oxygen atoms in total. The van der Waals surface area contributed by atoms with Crippen LogP contribution in [0, 0.1) is 19.8 Å². The quantitative estimate of drug-likeness (QED) is 0.712. The molecule has 172 valence electrons. The zero-order chi connectivity index (χ0) is 23.6. The van der Waals surface area contributed by atoms with Crippen LogP contribution in [0.4, 0.5) is 5.69 Å². The van der Waals surface area contributed by atoms with Gasteiger partial charge in [-0.15, -0.1) is 0 Å². The highest BCUT2D eigenvalue weighted by Crippen LogP contribution is 2.31. The maximum Gasteiger partial charge on any atom is 0.308 e. The van der Waals surface area contributed by atoms with E-state index >= 15 is 0 Å². The predicted molar refractivity (Wildman–Crippen MR) is 125 cm³/mol. The maximum atomic E-state index is 11.9. The van der Waals surface area contributed by atoms with Crippen molar-refractivity contribution in [3.63, 3.8) is 0 Å². The molecule has 1 aliphatic rings. The summed E-state index contributed by atoms with van der Waals surface area (Å²) in [4.78, 5) is 34.5. The molecule has 1 aromatic heterocycles. The van der Waals surface area contributed by atoms with Gasteiger partial charge >= 0.3 is 5.97 Å². The third kappa shape index (κ3) is 5.44. The first-order valence-corrected chi connectivity index (χ1v) is 11.2. The molecule has 2 aromatic rings. The number of anilines is 1. The Labute approximate surface area is 190 Å². The number of rotatable bonds is 5. The molecular formula is C25H34N4O3. The third-order valence-corrected chi connectivity index (χ3v) is 6.05. The van der Waals surface area contributed by atoms with Gasteiger partial charge in [-0.05, 0) is 55.2 Å². The topological polar surface area (TPSA) is 98.4 Å². The van der Waals surface area contributed by atoms with Gasteiger partial charge in [0.1, 0.15) is 5.82 Å². The average molecular weight is 439 g/mol. The zero-order valence-corrected chi connectivity index (χ0v) is 20.0. The number of amides is 1. The van der Waals surface area contributed by atoms with E-state index in [9.17, 15) is 9.59 Å². The van der Waals surface area contributed by atoms with Gasteiger partial charge in [-0.2, -0.15) is 0 Å². The zero-order valence-electron chi connectivity index (χ0n) is 20.0. The molecule has 0 saturated carbocycles. The Morgan fingerprint density at radius 1 is 1.16 bits per heavy atom. The summed E-state index contributed by atoms with van der Waals surface area (Å²) in [6.07, 6.45) is 2.69. The fraction of sp³-hybridized carbons (Fsp3) is 0.520. The number of carbonyl (C=O) groups excluding carboxylic acids is 2. The lowest BCUT2D eigenvalue weighted by molar-refractivity contribution is -0.132. The Morgan fingerprint density at radius 2 is 1.81 bits per heavy atom. The molecule has 1 saturated heterocycles. The summed E-state index contributed by atoms with van der Waals surface area (Å²) in [6, 6.07) is 6.78. The number of aromatic nitrogens is 2. The monoisotopic (exact) mass is 438 g/mol. The summed E-state index contributed by atoms with van der Waals surface area (Å²) in [5.74, 6) is -0.226. The first-order chi connectivity index (χ1) is 15.0. The number of hydrogen-bond donors (Lipinski definition) is 1. The molecule has 32 heavy (non-hydrogen) atoms. The van der Waals surface area contributed by atoms with Crippen molar-refractivity contribution < 1.29 is 14.3 Å². The molecule has 0 atom stereocenters. The van der Waals surface area contributed by atoms with E-state index in [2.05, 4.69) is 60.8 Å². The van der Waals surface area contributed by atoms with E-state index in [0.29, 0.717) is 23.9 Å². The number of nitrogens with zero attached hydrogens (tertiary/aromatic N) is 3. The van der Waals surface area contributed by atoms with Crippen LogP contribution >= 0.6 is 0 Å². The summed E-state index contributed by atoms with van der Waals surface area (Å²) in [6.45, 7) is 13.8. The van der Waals surface area contributed by atoms with Gasteiger partial charge in [0.2, 0.25) is 0 Å². The second-order valence-electron chi connectivity index (χ2n) is 9.75. The Morgan fingerprint density at radius 3 is 2.34 bits per heavy atom. The van der Waals surface area contributed by atoms with Crippen LogP contribution in [0.2, 0.25) is 0 Å². The highest BCUT2D eigenvalue weighted by atomic mass is 16.5. The van der Waals surface area contributed by atoms with Gasteiger partial charge in [-0.3, -0.25) is 9.59 Å². The number of nitrogens with two attached hydrogens (primary N) is 1.